The van der Waals surface area contributed by atoms with E-state index in [2.05, 4.69) is 0 Å². The summed E-state index contributed by atoms with van der Waals surface area (Å²) in [6.07, 6.45) is 4.12. The Morgan fingerprint density at radius 3 is 2.93 bits per heavy atom. The molecule has 1 heterocycles. The molecule has 0 spiro atoms. The van der Waals surface area contributed by atoms with Gasteiger partial charge in [0.05, 0.1) is 13.2 Å². The Bertz CT molecular complexity index is 146. The summed E-state index contributed by atoms with van der Waals surface area (Å²) >= 11 is 0. The quantitative estimate of drug-likeness (QED) is 0.521. The number of rotatable bonds is 7. The van der Waals surface area contributed by atoms with Crippen LogP contribution in [0.15, 0.2) is 0 Å². The molecule has 15 heavy (non-hydrogen) atoms. The fourth-order valence-electron chi connectivity index (χ4n) is 1.45. The SMILES string of the molecule is CCC(O)OCCCOC1CCCCO1. The van der Waals surface area contributed by atoms with Crippen molar-refractivity contribution in [2.45, 2.75) is 51.6 Å². The van der Waals surface area contributed by atoms with Gasteiger partial charge in [-0.15, -0.1) is 0 Å². The lowest BCUT2D eigenvalue weighted by Crippen LogP contribution is -2.23. The molecule has 0 aromatic heterocycles. The maximum atomic E-state index is 9.12. The molecular weight excluding hydrogens is 196 g/mol. The molecule has 0 amide bonds. The largest absolute Gasteiger partial charge is 0.368 e. The first-order valence-electron chi connectivity index (χ1n) is 5.85. The molecule has 90 valence electrons. The van der Waals surface area contributed by atoms with Crippen molar-refractivity contribution in [3.05, 3.63) is 0 Å². The minimum absolute atomic E-state index is 0.0187. The summed E-state index contributed by atoms with van der Waals surface area (Å²) in [5.74, 6) is 0. The van der Waals surface area contributed by atoms with E-state index in [1.165, 1.54) is 6.42 Å². The third-order valence-corrected chi connectivity index (χ3v) is 2.39. The van der Waals surface area contributed by atoms with Gasteiger partial charge in [-0.2, -0.15) is 0 Å². The summed E-state index contributed by atoms with van der Waals surface area (Å²) < 4.78 is 16.0. The average Bonchev–Trinajstić information content (AvgIpc) is 2.29. The van der Waals surface area contributed by atoms with Crippen LogP contribution in [0.1, 0.15) is 39.0 Å². The number of aliphatic hydroxyl groups excluding tert-OH is 1. The highest BCUT2D eigenvalue weighted by Gasteiger charge is 2.13. The van der Waals surface area contributed by atoms with E-state index in [0.717, 1.165) is 25.9 Å². The van der Waals surface area contributed by atoms with Gasteiger partial charge in [0.15, 0.2) is 12.6 Å². The minimum atomic E-state index is -0.629. The lowest BCUT2D eigenvalue weighted by atomic mass is 10.2. The zero-order valence-electron chi connectivity index (χ0n) is 9.48. The van der Waals surface area contributed by atoms with Gasteiger partial charge in [0.25, 0.3) is 0 Å². The number of hydrogen-bond donors (Lipinski definition) is 1. The monoisotopic (exact) mass is 218 g/mol. The van der Waals surface area contributed by atoms with E-state index < -0.39 is 6.29 Å². The molecule has 0 radical (unpaired) electrons. The van der Waals surface area contributed by atoms with Crippen LogP contribution < -0.4 is 0 Å². The first-order valence-corrected chi connectivity index (χ1v) is 5.85. The van der Waals surface area contributed by atoms with Crippen molar-refractivity contribution in [2.24, 2.45) is 0 Å². The molecule has 2 unspecified atom stereocenters. The van der Waals surface area contributed by atoms with Crippen LogP contribution in [-0.4, -0.2) is 37.5 Å². The first kappa shape index (κ1) is 12.9. The Labute approximate surface area is 91.5 Å². The predicted molar refractivity (Wildman–Crippen MR) is 56.4 cm³/mol. The van der Waals surface area contributed by atoms with Crippen LogP contribution in [0.25, 0.3) is 0 Å². The first-order chi connectivity index (χ1) is 7.33. The molecular formula is C11H22O4. The summed E-state index contributed by atoms with van der Waals surface area (Å²) in [7, 11) is 0. The fraction of sp³-hybridized carbons (Fsp3) is 1.00. The molecule has 4 heteroatoms. The third-order valence-electron chi connectivity index (χ3n) is 2.39. The van der Waals surface area contributed by atoms with Crippen molar-refractivity contribution in [3.63, 3.8) is 0 Å². The van der Waals surface area contributed by atoms with E-state index in [4.69, 9.17) is 19.3 Å². The second-order valence-electron chi connectivity index (χ2n) is 3.75. The van der Waals surface area contributed by atoms with E-state index in [1.54, 1.807) is 0 Å². The Kier molecular flexibility index (Phi) is 6.92. The molecule has 0 saturated carbocycles. The highest BCUT2D eigenvalue weighted by atomic mass is 16.7. The highest BCUT2D eigenvalue weighted by Crippen LogP contribution is 2.13. The smallest absolute Gasteiger partial charge is 0.157 e. The molecule has 1 N–H and O–H groups in total. The normalized spacial score (nSPS) is 24.0. The van der Waals surface area contributed by atoms with Crippen LogP contribution in [0.3, 0.4) is 0 Å². The molecule has 2 atom stereocenters. The molecule has 1 saturated heterocycles. The van der Waals surface area contributed by atoms with Crippen molar-refractivity contribution in [2.75, 3.05) is 19.8 Å². The maximum Gasteiger partial charge on any atom is 0.157 e. The zero-order chi connectivity index (χ0) is 10.9. The summed E-state index contributed by atoms with van der Waals surface area (Å²) in [6, 6.07) is 0. The third kappa shape index (κ3) is 6.10. The van der Waals surface area contributed by atoms with Crippen molar-refractivity contribution in [3.8, 4) is 0 Å². The van der Waals surface area contributed by atoms with Gasteiger partial charge in [0, 0.05) is 6.61 Å². The Hall–Kier alpha value is -0.160. The number of ether oxygens (including phenoxy) is 3. The van der Waals surface area contributed by atoms with Crippen molar-refractivity contribution >= 4 is 0 Å². The standard InChI is InChI=1S/C11H22O4/c1-2-10(12)13-8-5-9-15-11-6-3-4-7-14-11/h10-12H,2-9H2,1H3. The minimum Gasteiger partial charge on any atom is -0.368 e. The van der Waals surface area contributed by atoms with Gasteiger partial charge >= 0.3 is 0 Å². The molecule has 0 bridgehead atoms. The summed E-state index contributed by atoms with van der Waals surface area (Å²) in [5.41, 5.74) is 0. The van der Waals surface area contributed by atoms with E-state index in [-0.39, 0.29) is 6.29 Å². The van der Waals surface area contributed by atoms with Crippen LogP contribution in [0.5, 0.6) is 0 Å². The second-order valence-corrected chi connectivity index (χ2v) is 3.75. The average molecular weight is 218 g/mol. The predicted octanol–water partition coefficient (Wildman–Crippen LogP) is 1.66. The van der Waals surface area contributed by atoms with Crippen molar-refractivity contribution in [1.29, 1.82) is 0 Å². The summed E-state index contributed by atoms with van der Waals surface area (Å²) in [5, 5.41) is 9.12. The van der Waals surface area contributed by atoms with Crippen LogP contribution in [0.2, 0.25) is 0 Å². The molecule has 1 aliphatic heterocycles. The Morgan fingerprint density at radius 1 is 1.40 bits per heavy atom. The summed E-state index contributed by atoms with van der Waals surface area (Å²) in [6.45, 7) is 3.88. The van der Waals surface area contributed by atoms with Gasteiger partial charge in [0.2, 0.25) is 0 Å². The van der Waals surface area contributed by atoms with E-state index in [1.807, 2.05) is 6.92 Å². The number of hydrogen-bond acceptors (Lipinski definition) is 4. The molecule has 0 aliphatic carbocycles. The van der Waals surface area contributed by atoms with E-state index in [0.29, 0.717) is 19.6 Å². The Balaban J connectivity index is 1.87. The summed E-state index contributed by atoms with van der Waals surface area (Å²) in [4.78, 5) is 0. The van der Waals surface area contributed by atoms with Gasteiger partial charge in [0.1, 0.15) is 0 Å². The van der Waals surface area contributed by atoms with Gasteiger partial charge in [-0.25, -0.2) is 0 Å². The molecule has 0 aromatic rings. The van der Waals surface area contributed by atoms with E-state index >= 15 is 0 Å². The highest BCUT2D eigenvalue weighted by molar-refractivity contribution is 4.53. The molecule has 0 aromatic carbocycles. The van der Waals surface area contributed by atoms with Crippen LogP contribution in [0.4, 0.5) is 0 Å². The molecule has 1 rings (SSSR count). The fourth-order valence-corrected chi connectivity index (χ4v) is 1.45. The van der Waals surface area contributed by atoms with Crippen LogP contribution in [0, 0.1) is 0 Å². The van der Waals surface area contributed by atoms with Crippen molar-refractivity contribution < 1.29 is 19.3 Å². The maximum absolute atomic E-state index is 9.12. The van der Waals surface area contributed by atoms with Crippen LogP contribution >= 0.6 is 0 Å². The van der Waals surface area contributed by atoms with Gasteiger partial charge < -0.3 is 19.3 Å². The van der Waals surface area contributed by atoms with Gasteiger partial charge in [-0.05, 0) is 32.1 Å². The molecule has 1 fully saturated rings. The Morgan fingerprint density at radius 2 is 2.27 bits per heavy atom. The van der Waals surface area contributed by atoms with Crippen molar-refractivity contribution in [1.82, 2.24) is 0 Å². The lowest BCUT2D eigenvalue weighted by Gasteiger charge is -2.22. The molecule has 4 nitrogen and oxygen atoms in total. The van der Waals surface area contributed by atoms with E-state index in [9.17, 15) is 0 Å². The molecule has 1 aliphatic rings. The topological polar surface area (TPSA) is 47.9 Å². The van der Waals surface area contributed by atoms with Crippen LogP contribution in [-0.2, 0) is 14.2 Å². The second kappa shape index (κ2) is 8.05. The van der Waals surface area contributed by atoms with Gasteiger partial charge in [-0.3, -0.25) is 0 Å². The zero-order valence-corrected chi connectivity index (χ0v) is 9.48. The van der Waals surface area contributed by atoms with Gasteiger partial charge in [-0.1, -0.05) is 6.92 Å². The lowest BCUT2D eigenvalue weighted by molar-refractivity contribution is -0.167. The number of aliphatic hydroxyl groups is 1.